The molecular formula is C17H25ClN2O3. The predicted octanol–water partition coefficient (Wildman–Crippen LogP) is 4.07. The molecule has 0 aliphatic rings. The minimum absolute atomic E-state index is 0.134. The van der Waals surface area contributed by atoms with Gasteiger partial charge in [-0.05, 0) is 35.4 Å². The van der Waals surface area contributed by atoms with Crippen molar-refractivity contribution in [2.45, 2.75) is 46.0 Å². The number of nitrogens with one attached hydrogen (secondary N) is 1. The summed E-state index contributed by atoms with van der Waals surface area (Å²) in [6, 6.07) is 7.56. The molecule has 0 saturated carbocycles. The fraction of sp³-hybridized carbons (Fsp3) is 0.529. The van der Waals surface area contributed by atoms with E-state index in [0.717, 1.165) is 10.6 Å². The second kappa shape index (κ2) is 8.20. The molecule has 0 atom stereocenters. The lowest BCUT2D eigenvalue weighted by molar-refractivity contribution is -0.125. The van der Waals surface area contributed by atoms with Crippen LogP contribution in [0.1, 0.15) is 46.1 Å². The van der Waals surface area contributed by atoms with E-state index in [-0.39, 0.29) is 30.2 Å². The number of rotatable bonds is 6. The Labute approximate surface area is 142 Å². The molecule has 0 spiro atoms. The van der Waals surface area contributed by atoms with Crippen molar-refractivity contribution in [1.29, 1.82) is 0 Å². The van der Waals surface area contributed by atoms with Gasteiger partial charge in [0.15, 0.2) is 0 Å². The summed E-state index contributed by atoms with van der Waals surface area (Å²) in [5.41, 5.74) is 3.28. The topological polar surface area (TPSA) is 69.6 Å². The van der Waals surface area contributed by atoms with Gasteiger partial charge in [-0.15, -0.1) is 0 Å². The molecule has 0 aromatic heterocycles. The van der Waals surface area contributed by atoms with Crippen LogP contribution in [-0.2, 0) is 10.2 Å². The van der Waals surface area contributed by atoms with Crippen molar-refractivity contribution in [3.63, 3.8) is 0 Å². The van der Waals surface area contributed by atoms with E-state index in [2.05, 4.69) is 5.43 Å². The molecule has 1 aromatic rings. The summed E-state index contributed by atoms with van der Waals surface area (Å²) < 4.78 is 0. The van der Waals surface area contributed by atoms with Crippen LogP contribution in [-0.4, -0.2) is 28.7 Å². The highest BCUT2D eigenvalue weighted by atomic mass is 35.5. The summed E-state index contributed by atoms with van der Waals surface area (Å²) in [7, 11) is 0. The van der Waals surface area contributed by atoms with Crippen molar-refractivity contribution >= 4 is 23.6 Å². The molecule has 0 unspecified atom stereocenters. The van der Waals surface area contributed by atoms with Gasteiger partial charge in [-0.25, -0.2) is 9.80 Å². The third kappa shape index (κ3) is 6.48. The van der Waals surface area contributed by atoms with Gasteiger partial charge in [-0.2, -0.15) is 0 Å². The SMILES string of the molecule is CC(C)CN(NC(=O)CCC(C)(C)c1cccc(Cl)c1)C(=O)O. The van der Waals surface area contributed by atoms with E-state index >= 15 is 0 Å². The Kier molecular flexibility index (Phi) is 6.88. The maximum Gasteiger partial charge on any atom is 0.426 e. The maximum absolute atomic E-state index is 12.0. The van der Waals surface area contributed by atoms with Crippen LogP contribution in [0.15, 0.2) is 24.3 Å². The summed E-state index contributed by atoms with van der Waals surface area (Å²) in [4.78, 5) is 23.2. The Bertz CT molecular complexity index is 559. The van der Waals surface area contributed by atoms with Gasteiger partial charge in [0.25, 0.3) is 0 Å². The van der Waals surface area contributed by atoms with Crippen LogP contribution in [0.3, 0.4) is 0 Å². The Hall–Kier alpha value is -1.75. The number of nitrogens with zero attached hydrogens (tertiary/aromatic N) is 1. The molecule has 128 valence electrons. The number of hydrogen-bond acceptors (Lipinski definition) is 2. The van der Waals surface area contributed by atoms with Gasteiger partial charge in [0.1, 0.15) is 0 Å². The van der Waals surface area contributed by atoms with Crippen LogP contribution in [0.25, 0.3) is 0 Å². The fourth-order valence-corrected chi connectivity index (χ4v) is 2.41. The highest BCUT2D eigenvalue weighted by Gasteiger charge is 2.23. The van der Waals surface area contributed by atoms with E-state index in [0.29, 0.717) is 11.4 Å². The Balaban J connectivity index is 2.62. The largest absolute Gasteiger partial charge is 0.464 e. The first-order valence-corrected chi connectivity index (χ1v) is 8.05. The van der Waals surface area contributed by atoms with Gasteiger partial charge in [-0.1, -0.05) is 51.4 Å². The zero-order valence-corrected chi connectivity index (χ0v) is 14.9. The molecule has 0 heterocycles. The third-order valence-corrected chi connectivity index (χ3v) is 3.86. The van der Waals surface area contributed by atoms with E-state index in [1.807, 2.05) is 52.0 Å². The van der Waals surface area contributed by atoms with Crippen molar-refractivity contribution < 1.29 is 14.7 Å². The van der Waals surface area contributed by atoms with E-state index in [1.54, 1.807) is 0 Å². The number of benzene rings is 1. The van der Waals surface area contributed by atoms with Crippen molar-refractivity contribution in [1.82, 2.24) is 10.4 Å². The highest BCUT2D eigenvalue weighted by molar-refractivity contribution is 6.30. The van der Waals surface area contributed by atoms with Gasteiger partial charge in [0, 0.05) is 18.0 Å². The number of hydrogen-bond donors (Lipinski definition) is 2. The molecule has 1 rings (SSSR count). The van der Waals surface area contributed by atoms with Crippen LogP contribution in [0.5, 0.6) is 0 Å². The molecule has 0 saturated heterocycles. The van der Waals surface area contributed by atoms with E-state index < -0.39 is 6.09 Å². The summed E-state index contributed by atoms with van der Waals surface area (Å²) >= 11 is 6.01. The number of carboxylic acid groups (broad SMARTS) is 1. The molecule has 0 radical (unpaired) electrons. The minimum Gasteiger partial charge on any atom is -0.464 e. The summed E-state index contributed by atoms with van der Waals surface area (Å²) in [6.45, 7) is 8.12. The van der Waals surface area contributed by atoms with Crippen molar-refractivity contribution in [3.05, 3.63) is 34.9 Å². The molecule has 0 fully saturated rings. The molecule has 5 nitrogen and oxygen atoms in total. The lowest BCUT2D eigenvalue weighted by atomic mass is 9.80. The maximum atomic E-state index is 12.0. The van der Waals surface area contributed by atoms with Crippen LogP contribution >= 0.6 is 11.6 Å². The summed E-state index contributed by atoms with van der Waals surface area (Å²) in [5, 5.41) is 10.7. The number of halogens is 1. The predicted molar refractivity (Wildman–Crippen MR) is 91.4 cm³/mol. The van der Waals surface area contributed by atoms with E-state index in [1.165, 1.54) is 0 Å². The Morgan fingerprint density at radius 3 is 2.52 bits per heavy atom. The van der Waals surface area contributed by atoms with Crippen LogP contribution in [0.4, 0.5) is 4.79 Å². The molecule has 0 aliphatic carbocycles. The first-order valence-electron chi connectivity index (χ1n) is 7.68. The number of amides is 2. The average Bonchev–Trinajstić information content (AvgIpc) is 2.44. The quantitative estimate of drug-likeness (QED) is 0.767. The normalized spacial score (nSPS) is 11.4. The molecule has 1 aromatic carbocycles. The monoisotopic (exact) mass is 340 g/mol. The molecule has 0 bridgehead atoms. The summed E-state index contributed by atoms with van der Waals surface area (Å²) in [5.74, 6) is -0.169. The van der Waals surface area contributed by atoms with Gasteiger partial charge in [0.05, 0.1) is 0 Å². The average molecular weight is 341 g/mol. The second-order valence-corrected chi connectivity index (χ2v) is 7.15. The van der Waals surface area contributed by atoms with Crippen LogP contribution in [0.2, 0.25) is 5.02 Å². The lowest BCUT2D eigenvalue weighted by Gasteiger charge is -2.26. The molecule has 2 amide bonds. The van der Waals surface area contributed by atoms with Crippen molar-refractivity contribution in [3.8, 4) is 0 Å². The molecule has 23 heavy (non-hydrogen) atoms. The van der Waals surface area contributed by atoms with Crippen LogP contribution < -0.4 is 5.43 Å². The minimum atomic E-state index is -1.15. The molecular weight excluding hydrogens is 316 g/mol. The first-order chi connectivity index (χ1) is 10.6. The van der Waals surface area contributed by atoms with E-state index in [4.69, 9.17) is 16.7 Å². The van der Waals surface area contributed by atoms with Gasteiger partial charge in [-0.3, -0.25) is 10.2 Å². The molecule has 0 aliphatic heterocycles. The van der Waals surface area contributed by atoms with Crippen molar-refractivity contribution in [2.24, 2.45) is 5.92 Å². The summed E-state index contributed by atoms with van der Waals surface area (Å²) in [6.07, 6.45) is -0.323. The third-order valence-electron chi connectivity index (χ3n) is 3.62. The second-order valence-electron chi connectivity index (χ2n) is 6.72. The highest BCUT2D eigenvalue weighted by Crippen LogP contribution is 2.29. The Morgan fingerprint density at radius 2 is 2.00 bits per heavy atom. The standard InChI is InChI=1S/C17H25ClN2O3/c1-12(2)11-20(16(22)23)19-15(21)8-9-17(3,4)13-6-5-7-14(18)10-13/h5-7,10,12H,8-9,11H2,1-4H3,(H,19,21)(H,22,23). The van der Waals surface area contributed by atoms with Gasteiger partial charge < -0.3 is 5.11 Å². The number of hydrazine groups is 1. The van der Waals surface area contributed by atoms with Crippen molar-refractivity contribution in [2.75, 3.05) is 6.54 Å². The fourth-order valence-electron chi connectivity index (χ4n) is 2.22. The van der Waals surface area contributed by atoms with Crippen LogP contribution in [0, 0.1) is 5.92 Å². The Morgan fingerprint density at radius 1 is 1.35 bits per heavy atom. The number of carbonyl (C=O) groups excluding carboxylic acids is 1. The number of carbonyl (C=O) groups is 2. The molecule has 2 N–H and O–H groups in total. The van der Waals surface area contributed by atoms with E-state index in [9.17, 15) is 9.59 Å². The smallest absolute Gasteiger partial charge is 0.426 e. The lowest BCUT2D eigenvalue weighted by Crippen LogP contribution is -2.47. The first kappa shape index (κ1) is 19.3. The zero-order chi connectivity index (χ0) is 17.6. The van der Waals surface area contributed by atoms with Gasteiger partial charge >= 0.3 is 6.09 Å². The van der Waals surface area contributed by atoms with Gasteiger partial charge in [0.2, 0.25) is 5.91 Å². The zero-order valence-electron chi connectivity index (χ0n) is 14.1. The molecule has 6 heteroatoms.